The summed E-state index contributed by atoms with van der Waals surface area (Å²) in [5.74, 6) is -0.357. The Labute approximate surface area is 387 Å². The molecule has 2 bridgehead atoms. The van der Waals surface area contributed by atoms with Gasteiger partial charge in [0.2, 0.25) is 0 Å². The van der Waals surface area contributed by atoms with Crippen molar-refractivity contribution in [1.82, 2.24) is 20.1 Å². The van der Waals surface area contributed by atoms with Gasteiger partial charge in [-0.25, -0.2) is 0 Å². The van der Waals surface area contributed by atoms with Crippen molar-refractivity contribution in [3.05, 3.63) is 112 Å². The number of likely N-dealkylation sites (N-methyl/N-ethyl adjacent to an activating group) is 1. The molecule has 13 heteroatoms. The third kappa shape index (κ3) is 6.18. The van der Waals surface area contributed by atoms with E-state index < -0.39 is 45.9 Å². The summed E-state index contributed by atoms with van der Waals surface area (Å²) in [6, 6.07) is 18.6. The molecule has 1 spiro atoms. The largest absolute Gasteiger partial charge is 0.496 e. The SMILES string of the molecule is CCC1=C[C@@H]2CN(CCc3c([nH]c4ccccc34)[C@@](C(=O)OC)(c3cc4c(cc3OC)N(C)[C@H]3C(O)(CNC(=O)c5ccccc5OC)[C@H](OC(C)=O)[C@]5(CC)C=CCN6CC[C@]43[C@@H]65)C2)C1. The van der Waals surface area contributed by atoms with E-state index >= 15 is 4.79 Å². The fraction of sp³-hybridized carbons (Fsp3) is 0.491. The third-order valence-corrected chi connectivity index (χ3v) is 16.5. The van der Waals surface area contributed by atoms with Crippen LogP contribution in [-0.2, 0) is 36.3 Å². The van der Waals surface area contributed by atoms with E-state index in [0.29, 0.717) is 48.4 Å². The number of carbonyl (C=O) groups is 3. The summed E-state index contributed by atoms with van der Waals surface area (Å²) in [5, 5.41) is 18.2. The predicted octanol–water partition coefficient (Wildman–Crippen LogP) is 6.06. The van der Waals surface area contributed by atoms with Crippen LogP contribution in [0.15, 0.2) is 84.5 Å². The van der Waals surface area contributed by atoms with Crippen molar-refractivity contribution in [2.75, 3.05) is 72.5 Å². The highest BCUT2D eigenvalue weighted by molar-refractivity contribution is 5.97. The van der Waals surface area contributed by atoms with Gasteiger partial charge < -0.3 is 39.3 Å². The van der Waals surface area contributed by atoms with Gasteiger partial charge in [-0.05, 0) is 80.0 Å². The number of aromatic amines is 1. The molecule has 1 aromatic heterocycles. The number of methoxy groups -OCH3 is 3. The Balaban J connectivity index is 1.23. The number of rotatable bonds is 10. The van der Waals surface area contributed by atoms with Crippen LogP contribution in [0.4, 0.5) is 5.69 Å². The Morgan fingerprint density at radius 1 is 0.955 bits per heavy atom. The quantitative estimate of drug-likeness (QED) is 0.126. The number of aliphatic hydroxyl groups is 1. The molecule has 6 aliphatic rings. The number of amides is 1. The van der Waals surface area contributed by atoms with Crippen molar-refractivity contribution in [1.29, 1.82) is 0 Å². The minimum absolute atomic E-state index is 0.0195. The van der Waals surface area contributed by atoms with E-state index in [9.17, 15) is 14.7 Å². The van der Waals surface area contributed by atoms with Crippen LogP contribution in [0.2, 0.25) is 0 Å². The first-order chi connectivity index (χ1) is 31.8. The minimum atomic E-state index is -1.84. The highest BCUT2D eigenvalue weighted by atomic mass is 16.6. The Kier molecular flexibility index (Phi) is 10.9. The average molecular weight is 898 g/mol. The molecule has 2 unspecified atom stereocenters. The van der Waals surface area contributed by atoms with Crippen LogP contribution in [0.5, 0.6) is 11.5 Å². The number of anilines is 1. The number of nitrogens with one attached hydrogen (secondary N) is 2. The first-order valence-corrected chi connectivity index (χ1v) is 23.6. The number of para-hydroxylation sites is 2. The van der Waals surface area contributed by atoms with Crippen LogP contribution in [0.3, 0.4) is 0 Å². The molecule has 3 aromatic carbocycles. The Morgan fingerprint density at radius 3 is 2.47 bits per heavy atom. The summed E-state index contributed by atoms with van der Waals surface area (Å²) in [6.07, 6.45) is 8.92. The summed E-state index contributed by atoms with van der Waals surface area (Å²) in [4.78, 5) is 54.0. The van der Waals surface area contributed by atoms with Gasteiger partial charge in [-0.3, -0.25) is 24.2 Å². The van der Waals surface area contributed by atoms with E-state index in [1.54, 1.807) is 31.4 Å². The van der Waals surface area contributed by atoms with Crippen molar-refractivity contribution in [2.24, 2.45) is 11.3 Å². The average Bonchev–Trinajstić information content (AvgIpc) is 4.00. The third-order valence-electron chi connectivity index (χ3n) is 16.5. The van der Waals surface area contributed by atoms with Crippen molar-refractivity contribution >= 4 is 34.4 Å². The van der Waals surface area contributed by atoms with Gasteiger partial charge in [0, 0.05) is 90.9 Å². The molecule has 1 amide bonds. The van der Waals surface area contributed by atoms with Gasteiger partial charge in [0.25, 0.3) is 5.91 Å². The lowest BCUT2D eigenvalue weighted by Crippen LogP contribution is -2.81. The summed E-state index contributed by atoms with van der Waals surface area (Å²) in [7, 11) is 6.64. The number of fused-ring (bicyclic) bond motifs is 6. The number of aromatic nitrogens is 1. The number of nitrogens with zero attached hydrogens (tertiary/aromatic N) is 3. The van der Waals surface area contributed by atoms with Crippen LogP contribution in [0.1, 0.15) is 79.2 Å². The normalized spacial score (nSPS) is 31.8. The molecule has 13 nitrogen and oxygen atoms in total. The van der Waals surface area contributed by atoms with Gasteiger partial charge in [-0.2, -0.15) is 0 Å². The number of H-pyrrole nitrogens is 1. The molecule has 1 aliphatic carbocycles. The van der Waals surface area contributed by atoms with Crippen molar-refractivity contribution in [2.45, 2.75) is 87.5 Å². The van der Waals surface area contributed by atoms with E-state index in [1.807, 2.05) is 19.2 Å². The number of hydrogen-bond donors (Lipinski definition) is 3. The Bertz CT molecular complexity index is 2680. The zero-order valence-corrected chi connectivity index (χ0v) is 39.2. The molecular formula is C53H63N5O8. The minimum Gasteiger partial charge on any atom is -0.496 e. The summed E-state index contributed by atoms with van der Waals surface area (Å²) in [5.41, 5.74) is 2.24. The Morgan fingerprint density at radius 2 is 1.73 bits per heavy atom. The maximum Gasteiger partial charge on any atom is 0.322 e. The van der Waals surface area contributed by atoms with Crippen molar-refractivity contribution in [3.63, 3.8) is 0 Å². The molecule has 10 rings (SSSR count). The highest BCUT2D eigenvalue weighted by Gasteiger charge is 2.78. The van der Waals surface area contributed by atoms with Crippen LogP contribution >= 0.6 is 0 Å². The second kappa shape index (κ2) is 16.3. The molecule has 4 aromatic rings. The van der Waals surface area contributed by atoms with Gasteiger partial charge in [0.15, 0.2) is 0 Å². The van der Waals surface area contributed by atoms with Crippen LogP contribution in [0, 0.1) is 11.3 Å². The van der Waals surface area contributed by atoms with Gasteiger partial charge in [-0.1, -0.05) is 68.0 Å². The molecule has 2 fully saturated rings. The van der Waals surface area contributed by atoms with Gasteiger partial charge in [0.1, 0.15) is 28.6 Å². The standard InChI is InChI=1S/C53H63N5O8/c1-8-33-25-34-28-52(49(61)65-7,44-36(19-23-57(29-33)30-34)35-15-10-12-17-40(35)55-44)39-26-38-41(27-43(39)64-6)56(4)47-51(38)21-24-58-22-14-20-50(9-2,46(51)58)48(66-32(3)59)53(47,62)31-54-45(60)37-16-11-13-18-42(37)63-5/h10-18,20,25-27,34,46-48,55,62H,8-9,19,21-24,28-31H2,1-7H3,(H,54,60)/t34-,46-,47+,48+,50+,51+,52-,53?/m0/s1. The smallest absolute Gasteiger partial charge is 0.322 e. The molecule has 66 heavy (non-hydrogen) atoms. The van der Waals surface area contributed by atoms with E-state index in [4.69, 9.17) is 18.9 Å². The summed E-state index contributed by atoms with van der Waals surface area (Å²) in [6.45, 7) is 9.41. The number of ether oxygens (including phenoxy) is 4. The topological polar surface area (TPSA) is 146 Å². The second-order valence-corrected chi connectivity index (χ2v) is 19.6. The zero-order chi connectivity index (χ0) is 46.3. The van der Waals surface area contributed by atoms with E-state index in [1.165, 1.54) is 26.7 Å². The van der Waals surface area contributed by atoms with E-state index in [2.05, 4.69) is 81.3 Å². The van der Waals surface area contributed by atoms with Crippen LogP contribution in [0.25, 0.3) is 10.9 Å². The number of esters is 2. The van der Waals surface area contributed by atoms with Crippen LogP contribution < -0.4 is 19.7 Å². The second-order valence-electron chi connectivity index (χ2n) is 19.6. The van der Waals surface area contributed by atoms with E-state index in [-0.39, 0.29) is 24.5 Å². The lowest BCUT2D eigenvalue weighted by molar-refractivity contribution is -0.216. The maximum absolute atomic E-state index is 15.5. The molecule has 1 saturated carbocycles. The molecule has 6 heterocycles. The van der Waals surface area contributed by atoms with Crippen molar-refractivity contribution in [3.8, 4) is 11.5 Å². The Hall–Kier alpha value is -5.63. The molecule has 5 aliphatic heterocycles. The maximum atomic E-state index is 15.5. The highest BCUT2D eigenvalue weighted by Crippen LogP contribution is 2.68. The van der Waals surface area contributed by atoms with Gasteiger partial charge >= 0.3 is 11.9 Å². The molecule has 9 atom stereocenters. The number of carbonyl (C=O) groups excluding carboxylic acids is 3. The number of hydrogen-bond acceptors (Lipinski definition) is 11. The summed E-state index contributed by atoms with van der Waals surface area (Å²) < 4.78 is 24.5. The monoisotopic (exact) mass is 897 g/mol. The van der Waals surface area contributed by atoms with Crippen LogP contribution in [-0.4, -0.2) is 129 Å². The summed E-state index contributed by atoms with van der Waals surface area (Å²) >= 11 is 0. The van der Waals surface area contributed by atoms with Crippen molar-refractivity contribution < 1.29 is 38.4 Å². The van der Waals surface area contributed by atoms with Gasteiger partial charge in [0.05, 0.1) is 39.5 Å². The number of benzene rings is 3. The van der Waals surface area contributed by atoms with E-state index in [0.717, 1.165) is 72.4 Å². The molecule has 348 valence electrons. The molecular weight excluding hydrogens is 835 g/mol. The predicted molar refractivity (Wildman–Crippen MR) is 252 cm³/mol. The lowest BCUT2D eigenvalue weighted by Gasteiger charge is -2.64. The molecule has 3 N–H and O–H groups in total. The van der Waals surface area contributed by atoms with Gasteiger partial charge in [-0.15, -0.1) is 0 Å². The zero-order valence-electron chi connectivity index (χ0n) is 39.2. The fourth-order valence-electron chi connectivity index (χ4n) is 14.2. The molecule has 1 saturated heterocycles. The fourth-order valence-corrected chi connectivity index (χ4v) is 14.2. The lowest BCUT2D eigenvalue weighted by atomic mass is 9.47. The molecule has 0 radical (unpaired) electrons. The first-order valence-electron chi connectivity index (χ1n) is 23.6. The first kappa shape index (κ1) is 44.2.